The monoisotopic (exact) mass is 328 g/mol. The number of sulfonamides is 1. The van der Waals surface area contributed by atoms with Crippen molar-refractivity contribution >= 4 is 15.9 Å². The number of carbonyl (C=O) groups is 1. The van der Waals surface area contributed by atoms with Crippen molar-refractivity contribution in [3.05, 3.63) is 29.8 Å². The maximum Gasteiger partial charge on any atom is 0.251 e. The van der Waals surface area contributed by atoms with Crippen LogP contribution in [0.2, 0.25) is 0 Å². The van der Waals surface area contributed by atoms with E-state index >= 15 is 0 Å². The van der Waals surface area contributed by atoms with Crippen LogP contribution in [0.25, 0.3) is 0 Å². The maximum atomic E-state index is 12.0. The minimum atomic E-state index is -3.56. The van der Waals surface area contributed by atoms with E-state index in [9.17, 15) is 13.2 Å². The van der Waals surface area contributed by atoms with Crippen LogP contribution >= 0.6 is 0 Å². The summed E-state index contributed by atoms with van der Waals surface area (Å²) in [5, 5.41) is 2.81. The van der Waals surface area contributed by atoms with Crippen molar-refractivity contribution in [3.63, 3.8) is 0 Å². The Bertz CT molecular complexity index is 568. The van der Waals surface area contributed by atoms with Crippen LogP contribution in [0.15, 0.2) is 29.2 Å². The summed E-state index contributed by atoms with van der Waals surface area (Å²) in [6.45, 7) is 5.28. The molecule has 0 spiro atoms. The topological polar surface area (TPSA) is 84.5 Å². The van der Waals surface area contributed by atoms with E-state index in [1.165, 1.54) is 31.4 Å². The highest BCUT2D eigenvalue weighted by molar-refractivity contribution is 7.89. The van der Waals surface area contributed by atoms with Gasteiger partial charge in [-0.2, -0.15) is 0 Å². The van der Waals surface area contributed by atoms with Crippen molar-refractivity contribution in [2.24, 2.45) is 5.92 Å². The number of ether oxygens (including phenoxy) is 1. The average Bonchev–Trinajstić information content (AvgIpc) is 2.47. The Labute approximate surface area is 132 Å². The van der Waals surface area contributed by atoms with Crippen molar-refractivity contribution in [2.45, 2.75) is 25.2 Å². The van der Waals surface area contributed by atoms with Gasteiger partial charge in [0, 0.05) is 25.8 Å². The van der Waals surface area contributed by atoms with Crippen molar-refractivity contribution in [2.75, 3.05) is 26.8 Å². The van der Waals surface area contributed by atoms with Gasteiger partial charge in [0.05, 0.1) is 11.5 Å². The van der Waals surface area contributed by atoms with Gasteiger partial charge >= 0.3 is 0 Å². The third-order valence-electron chi connectivity index (χ3n) is 3.03. The van der Waals surface area contributed by atoms with Gasteiger partial charge in [-0.3, -0.25) is 4.79 Å². The molecule has 0 aliphatic rings. The number of amides is 1. The van der Waals surface area contributed by atoms with Crippen LogP contribution < -0.4 is 10.0 Å². The molecule has 0 bridgehead atoms. The second kappa shape index (κ2) is 8.87. The van der Waals surface area contributed by atoms with Gasteiger partial charge in [-0.25, -0.2) is 13.1 Å². The standard InChI is InChI=1S/C15H24N2O4S/c1-12(2)8-9-16-15(18)13-4-6-14(7-5-13)22(19,20)17-10-11-21-3/h4-7,12,17H,8-11H2,1-3H3,(H,16,18). The highest BCUT2D eigenvalue weighted by atomic mass is 32.2. The van der Waals surface area contributed by atoms with Gasteiger partial charge in [0.15, 0.2) is 0 Å². The highest BCUT2D eigenvalue weighted by Crippen LogP contribution is 2.10. The van der Waals surface area contributed by atoms with Crippen LogP contribution in [0, 0.1) is 5.92 Å². The first-order chi connectivity index (χ1) is 10.4. The molecule has 0 saturated carbocycles. The zero-order chi connectivity index (χ0) is 16.6. The maximum absolute atomic E-state index is 12.0. The van der Waals surface area contributed by atoms with Gasteiger partial charge in [-0.15, -0.1) is 0 Å². The second-order valence-electron chi connectivity index (χ2n) is 5.35. The van der Waals surface area contributed by atoms with E-state index in [1.54, 1.807) is 0 Å². The van der Waals surface area contributed by atoms with Gasteiger partial charge < -0.3 is 10.1 Å². The van der Waals surface area contributed by atoms with E-state index in [1.807, 2.05) is 0 Å². The molecular formula is C15H24N2O4S. The number of rotatable bonds is 9. The van der Waals surface area contributed by atoms with Crippen molar-refractivity contribution < 1.29 is 17.9 Å². The molecule has 1 amide bonds. The van der Waals surface area contributed by atoms with Gasteiger partial charge in [-0.05, 0) is 36.6 Å². The van der Waals surface area contributed by atoms with Crippen molar-refractivity contribution in [1.29, 1.82) is 0 Å². The van der Waals surface area contributed by atoms with Crippen LogP contribution in [-0.4, -0.2) is 41.1 Å². The lowest BCUT2D eigenvalue weighted by molar-refractivity contribution is 0.0952. The molecule has 0 unspecified atom stereocenters. The SMILES string of the molecule is COCCNS(=O)(=O)c1ccc(C(=O)NCCC(C)C)cc1. The lowest BCUT2D eigenvalue weighted by Crippen LogP contribution is -2.27. The predicted molar refractivity (Wildman–Crippen MR) is 85.3 cm³/mol. The molecule has 1 aromatic rings. The van der Waals surface area contributed by atoms with Crippen LogP contribution in [0.5, 0.6) is 0 Å². The fraction of sp³-hybridized carbons (Fsp3) is 0.533. The van der Waals surface area contributed by atoms with Crippen LogP contribution in [0.4, 0.5) is 0 Å². The smallest absolute Gasteiger partial charge is 0.251 e. The number of hydrogen-bond donors (Lipinski definition) is 2. The molecule has 1 aromatic carbocycles. The zero-order valence-electron chi connectivity index (χ0n) is 13.3. The summed E-state index contributed by atoms with van der Waals surface area (Å²) in [5.74, 6) is 0.322. The summed E-state index contributed by atoms with van der Waals surface area (Å²) in [6, 6.07) is 5.87. The molecule has 6 nitrogen and oxygen atoms in total. The molecule has 0 aromatic heterocycles. The largest absolute Gasteiger partial charge is 0.383 e. The lowest BCUT2D eigenvalue weighted by Gasteiger charge is -2.09. The summed E-state index contributed by atoms with van der Waals surface area (Å²) >= 11 is 0. The molecular weight excluding hydrogens is 304 g/mol. The van der Waals surface area contributed by atoms with Gasteiger partial charge in [0.1, 0.15) is 0 Å². The highest BCUT2D eigenvalue weighted by Gasteiger charge is 2.14. The molecule has 22 heavy (non-hydrogen) atoms. The minimum Gasteiger partial charge on any atom is -0.383 e. The average molecular weight is 328 g/mol. The molecule has 0 aliphatic heterocycles. The molecule has 0 saturated heterocycles. The first kappa shape index (κ1) is 18.6. The summed E-state index contributed by atoms with van der Waals surface area (Å²) in [4.78, 5) is 12.0. The first-order valence-electron chi connectivity index (χ1n) is 7.23. The van der Waals surface area contributed by atoms with Crippen LogP contribution in [0.3, 0.4) is 0 Å². The fourth-order valence-electron chi connectivity index (χ4n) is 1.72. The fourth-order valence-corrected chi connectivity index (χ4v) is 2.74. The molecule has 1 rings (SSSR count). The third kappa shape index (κ3) is 6.13. The molecule has 0 radical (unpaired) electrons. The number of benzene rings is 1. The Morgan fingerprint density at radius 2 is 1.82 bits per heavy atom. The number of nitrogens with one attached hydrogen (secondary N) is 2. The molecule has 7 heteroatoms. The Kier molecular flexibility index (Phi) is 7.50. The lowest BCUT2D eigenvalue weighted by atomic mass is 10.1. The predicted octanol–water partition coefficient (Wildman–Crippen LogP) is 1.39. The normalized spacial score (nSPS) is 11.6. The number of methoxy groups -OCH3 is 1. The number of hydrogen-bond acceptors (Lipinski definition) is 4. The van der Waals surface area contributed by atoms with Gasteiger partial charge in [0.2, 0.25) is 10.0 Å². The van der Waals surface area contributed by atoms with Gasteiger partial charge in [-0.1, -0.05) is 13.8 Å². The number of carbonyl (C=O) groups excluding carboxylic acids is 1. The molecule has 124 valence electrons. The van der Waals surface area contributed by atoms with Crippen molar-refractivity contribution in [3.8, 4) is 0 Å². The zero-order valence-corrected chi connectivity index (χ0v) is 14.1. The minimum absolute atomic E-state index is 0.127. The molecule has 0 fully saturated rings. The van der Waals surface area contributed by atoms with Crippen LogP contribution in [0.1, 0.15) is 30.6 Å². The second-order valence-corrected chi connectivity index (χ2v) is 7.12. The van der Waals surface area contributed by atoms with Gasteiger partial charge in [0.25, 0.3) is 5.91 Å². The van der Waals surface area contributed by atoms with E-state index in [4.69, 9.17) is 4.74 Å². The Morgan fingerprint density at radius 3 is 2.36 bits per heavy atom. The first-order valence-corrected chi connectivity index (χ1v) is 8.72. The van der Waals surface area contributed by atoms with E-state index < -0.39 is 10.0 Å². The molecule has 0 heterocycles. The Balaban J connectivity index is 2.64. The molecule has 2 N–H and O–H groups in total. The molecule has 0 aliphatic carbocycles. The molecule has 0 atom stereocenters. The van der Waals surface area contributed by atoms with Crippen LogP contribution in [-0.2, 0) is 14.8 Å². The van der Waals surface area contributed by atoms with Crippen molar-refractivity contribution in [1.82, 2.24) is 10.0 Å². The van der Waals surface area contributed by atoms with E-state index in [-0.39, 0.29) is 17.3 Å². The third-order valence-corrected chi connectivity index (χ3v) is 4.51. The summed E-state index contributed by atoms with van der Waals surface area (Å²) < 4.78 is 31.2. The summed E-state index contributed by atoms with van der Waals surface area (Å²) in [7, 11) is -2.06. The summed E-state index contributed by atoms with van der Waals surface area (Å²) in [5.41, 5.74) is 0.444. The summed E-state index contributed by atoms with van der Waals surface area (Å²) in [6.07, 6.45) is 0.904. The van der Waals surface area contributed by atoms with E-state index in [0.29, 0.717) is 24.6 Å². The van der Waals surface area contributed by atoms with E-state index in [0.717, 1.165) is 6.42 Å². The Hall–Kier alpha value is -1.44. The Morgan fingerprint density at radius 1 is 1.18 bits per heavy atom. The van der Waals surface area contributed by atoms with E-state index in [2.05, 4.69) is 23.9 Å². The quantitative estimate of drug-likeness (QED) is 0.671.